The summed E-state index contributed by atoms with van der Waals surface area (Å²) in [5.41, 5.74) is 0. The van der Waals surface area contributed by atoms with Gasteiger partial charge in [-0.2, -0.15) is 0 Å². The molecule has 3 atom stereocenters. The lowest BCUT2D eigenvalue weighted by Gasteiger charge is -2.17. The minimum atomic E-state index is -2.56. The summed E-state index contributed by atoms with van der Waals surface area (Å²) >= 11 is 0. The molecule has 0 aliphatic rings. The largest absolute Gasteiger partial charge is 0.695 e. The third kappa shape index (κ3) is 5.32. The Bertz CT molecular complexity index is 147. The number of hydrogen-bond donors (Lipinski definition) is 2. The van der Waals surface area contributed by atoms with Crippen LogP contribution in [0, 0.1) is 5.92 Å². The topological polar surface area (TPSA) is 66.8 Å². The second kappa shape index (κ2) is 7.39. The third-order valence-electron chi connectivity index (χ3n) is 2.08. The molecule has 0 aliphatic heterocycles. The van der Waals surface area contributed by atoms with Gasteiger partial charge in [-0.1, -0.05) is 20.3 Å². The highest BCUT2D eigenvalue weighted by atomic mass is 31.1. The molecule has 0 radical (unpaired) electrons. The molecule has 0 saturated heterocycles. The Morgan fingerprint density at radius 3 is 2.38 bits per heavy atom. The monoisotopic (exact) mass is 209 g/mol. The molecule has 0 rings (SSSR count). The molecular weight excluding hydrogens is 191 g/mol. The van der Waals surface area contributed by atoms with Gasteiger partial charge in [0.15, 0.2) is 0 Å². The summed E-state index contributed by atoms with van der Waals surface area (Å²) in [6.07, 6.45) is 2.05. The van der Waals surface area contributed by atoms with Gasteiger partial charge in [-0.3, -0.25) is 0 Å². The molecule has 5 heteroatoms. The molecule has 0 amide bonds. The van der Waals surface area contributed by atoms with Crippen LogP contribution in [-0.2, 0) is 9.09 Å². The van der Waals surface area contributed by atoms with Crippen LogP contribution in [0.1, 0.15) is 33.1 Å². The highest BCUT2D eigenvalue weighted by molar-refractivity contribution is 7.32. The van der Waals surface area contributed by atoms with Crippen molar-refractivity contribution in [2.45, 2.75) is 39.2 Å². The minimum absolute atomic E-state index is 0.00431. The maximum Gasteiger partial charge on any atom is 0.695 e. The zero-order valence-corrected chi connectivity index (χ0v) is 9.04. The van der Waals surface area contributed by atoms with Crippen LogP contribution in [0.4, 0.5) is 0 Å². The van der Waals surface area contributed by atoms with Crippen molar-refractivity contribution < 1.29 is 19.1 Å². The SMILES string of the molecule is CCCC(O[P+](=O)O)C(CC)CO. The van der Waals surface area contributed by atoms with E-state index in [1.165, 1.54) is 0 Å². The fraction of sp³-hybridized carbons (Fsp3) is 1.00. The average molecular weight is 209 g/mol. The Morgan fingerprint density at radius 2 is 2.08 bits per heavy atom. The number of aliphatic hydroxyl groups is 1. The molecule has 4 nitrogen and oxygen atoms in total. The maximum atomic E-state index is 10.5. The van der Waals surface area contributed by atoms with E-state index in [2.05, 4.69) is 0 Å². The second-order valence-corrected chi connectivity index (χ2v) is 3.71. The van der Waals surface area contributed by atoms with Crippen LogP contribution in [0.25, 0.3) is 0 Å². The van der Waals surface area contributed by atoms with Gasteiger partial charge >= 0.3 is 8.25 Å². The van der Waals surface area contributed by atoms with Crippen molar-refractivity contribution in [3.63, 3.8) is 0 Å². The van der Waals surface area contributed by atoms with Crippen molar-refractivity contribution in [2.75, 3.05) is 6.61 Å². The van der Waals surface area contributed by atoms with Gasteiger partial charge < -0.3 is 5.11 Å². The molecule has 0 spiro atoms. The molecule has 0 heterocycles. The molecular formula is C8H18O4P+. The fourth-order valence-corrected chi connectivity index (χ4v) is 1.79. The zero-order chi connectivity index (χ0) is 10.3. The van der Waals surface area contributed by atoms with Crippen molar-refractivity contribution in [1.82, 2.24) is 0 Å². The molecule has 0 bridgehead atoms. The van der Waals surface area contributed by atoms with E-state index in [-0.39, 0.29) is 18.6 Å². The van der Waals surface area contributed by atoms with Crippen LogP contribution in [0.5, 0.6) is 0 Å². The summed E-state index contributed by atoms with van der Waals surface area (Å²) in [4.78, 5) is 8.59. The molecule has 78 valence electrons. The molecule has 0 aromatic rings. The average Bonchev–Trinajstić information content (AvgIpc) is 2.05. The summed E-state index contributed by atoms with van der Waals surface area (Å²) in [7, 11) is -2.56. The van der Waals surface area contributed by atoms with E-state index >= 15 is 0 Å². The molecule has 2 N–H and O–H groups in total. The van der Waals surface area contributed by atoms with Crippen molar-refractivity contribution >= 4 is 8.25 Å². The summed E-state index contributed by atoms with van der Waals surface area (Å²) in [5.74, 6) is -0.0361. The number of rotatable bonds is 7. The van der Waals surface area contributed by atoms with Crippen LogP contribution in [0.15, 0.2) is 0 Å². The lowest BCUT2D eigenvalue weighted by Crippen LogP contribution is -2.24. The molecule has 13 heavy (non-hydrogen) atoms. The molecule has 3 unspecified atom stereocenters. The van der Waals surface area contributed by atoms with Crippen LogP contribution >= 0.6 is 8.25 Å². The summed E-state index contributed by atoms with van der Waals surface area (Å²) in [6.45, 7) is 3.91. The normalized spacial score (nSPS) is 16.8. The molecule has 0 aromatic carbocycles. The molecule has 0 aromatic heterocycles. The van der Waals surface area contributed by atoms with Gasteiger partial charge in [0.25, 0.3) is 0 Å². The standard InChI is InChI=1S/C8H17O4P/c1-3-5-8(12-13(10)11)7(4-2)6-9/h7-9H,3-6H2,1-2H3/p+1. The van der Waals surface area contributed by atoms with Crippen LogP contribution in [0.3, 0.4) is 0 Å². The fourth-order valence-electron chi connectivity index (χ4n) is 1.28. The summed E-state index contributed by atoms with van der Waals surface area (Å²) < 4.78 is 15.3. The Labute approximate surface area is 79.9 Å². The van der Waals surface area contributed by atoms with E-state index in [1.807, 2.05) is 13.8 Å². The van der Waals surface area contributed by atoms with Crippen molar-refractivity contribution in [3.8, 4) is 0 Å². The van der Waals surface area contributed by atoms with E-state index in [4.69, 9.17) is 14.5 Å². The summed E-state index contributed by atoms with van der Waals surface area (Å²) in [5, 5.41) is 8.98. The lowest BCUT2D eigenvalue weighted by molar-refractivity contribution is 0.0743. The molecule has 0 fully saturated rings. The van der Waals surface area contributed by atoms with Gasteiger partial charge in [0.05, 0.1) is 0 Å². The Kier molecular flexibility index (Phi) is 7.38. The van der Waals surface area contributed by atoms with Crippen LogP contribution in [0.2, 0.25) is 0 Å². The molecule has 0 saturated carbocycles. The van der Waals surface area contributed by atoms with Gasteiger partial charge in [0, 0.05) is 17.1 Å². The van der Waals surface area contributed by atoms with Crippen molar-refractivity contribution in [2.24, 2.45) is 5.92 Å². The van der Waals surface area contributed by atoms with E-state index in [0.29, 0.717) is 6.42 Å². The Balaban J connectivity index is 4.11. The first-order valence-electron chi connectivity index (χ1n) is 4.59. The first-order chi connectivity index (χ1) is 6.15. The van der Waals surface area contributed by atoms with Gasteiger partial charge in [0.1, 0.15) is 6.10 Å². The summed E-state index contributed by atoms with van der Waals surface area (Å²) in [6, 6.07) is 0. The number of hydrogen-bond acceptors (Lipinski definition) is 3. The highest BCUT2D eigenvalue weighted by Crippen LogP contribution is 2.26. The number of aliphatic hydroxyl groups excluding tert-OH is 1. The predicted molar refractivity (Wildman–Crippen MR) is 50.5 cm³/mol. The van der Waals surface area contributed by atoms with Crippen molar-refractivity contribution in [3.05, 3.63) is 0 Å². The van der Waals surface area contributed by atoms with Gasteiger partial charge in [-0.25, -0.2) is 0 Å². The maximum absolute atomic E-state index is 10.5. The van der Waals surface area contributed by atoms with E-state index in [9.17, 15) is 4.57 Å². The second-order valence-electron chi connectivity index (χ2n) is 3.02. The Hall–Kier alpha value is -0.0200. The first-order valence-corrected chi connectivity index (χ1v) is 5.72. The van der Waals surface area contributed by atoms with Crippen LogP contribution in [-0.4, -0.2) is 22.7 Å². The highest BCUT2D eigenvalue weighted by Gasteiger charge is 2.28. The van der Waals surface area contributed by atoms with E-state index in [0.717, 1.165) is 12.8 Å². The van der Waals surface area contributed by atoms with Gasteiger partial charge in [-0.05, 0) is 12.8 Å². The zero-order valence-electron chi connectivity index (χ0n) is 8.14. The quantitative estimate of drug-likeness (QED) is 0.628. The third-order valence-corrected chi connectivity index (χ3v) is 2.53. The van der Waals surface area contributed by atoms with Gasteiger partial charge in [0.2, 0.25) is 0 Å². The van der Waals surface area contributed by atoms with E-state index in [1.54, 1.807) is 0 Å². The first kappa shape index (κ1) is 13.0. The predicted octanol–water partition coefficient (Wildman–Crippen LogP) is 1.84. The molecule has 0 aliphatic carbocycles. The lowest BCUT2D eigenvalue weighted by atomic mass is 9.97. The smallest absolute Gasteiger partial charge is 0.396 e. The Morgan fingerprint density at radius 1 is 1.46 bits per heavy atom. The van der Waals surface area contributed by atoms with Crippen molar-refractivity contribution in [1.29, 1.82) is 0 Å². The van der Waals surface area contributed by atoms with Crippen LogP contribution < -0.4 is 0 Å². The minimum Gasteiger partial charge on any atom is -0.396 e. The van der Waals surface area contributed by atoms with Gasteiger partial charge in [-0.15, -0.1) is 9.42 Å². The van der Waals surface area contributed by atoms with E-state index < -0.39 is 8.25 Å².